The molecule has 4 aromatic rings. The Bertz CT molecular complexity index is 2090. The van der Waals surface area contributed by atoms with E-state index in [2.05, 4.69) is 16.6 Å². The third-order valence-electron chi connectivity index (χ3n) is 8.54. The highest BCUT2D eigenvalue weighted by Crippen LogP contribution is 2.57. The SMILES string of the molecule is C#CCC/C(O)=C(\C#N)C(=O)Nc1ccc(CCCC(=O)NCc2ccc3c(c2)C(=O)OC32c3ccc(O)cc3Oc3cc(O)ccc32)cc1. The number of nitrogens with one attached hydrogen (secondary N) is 2. The van der Waals surface area contributed by atoms with E-state index in [0.717, 1.165) is 5.56 Å². The van der Waals surface area contributed by atoms with Gasteiger partial charge < -0.3 is 35.4 Å². The molecule has 0 atom stereocenters. The molecule has 0 saturated carbocycles. The van der Waals surface area contributed by atoms with Crippen molar-refractivity contribution in [1.82, 2.24) is 5.32 Å². The maximum Gasteiger partial charge on any atom is 0.340 e. The first kappa shape index (κ1) is 33.2. The maximum atomic E-state index is 13.3. The second kappa shape index (κ2) is 13.8. The summed E-state index contributed by atoms with van der Waals surface area (Å²) in [7, 11) is 0. The summed E-state index contributed by atoms with van der Waals surface area (Å²) in [5, 5.41) is 44.9. The second-order valence-corrected chi connectivity index (χ2v) is 11.8. The molecule has 50 heavy (non-hydrogen) atoms. The number of benzene rings is 4. The molecule has 0 radical (unpaired) electrons. The normalized spacial score (nSPS) is 13.7. The number of carbonyl (C=O) groups is 3. The zero-order valence-corrected chi connectivity index (χ0v) is 26.7. The molecule has 1 spiro atoms. The number of phenolic OH excluding ortho intramolecular Hbond substituents is 2. The first-order valence-electron chi connectivity index (χ1n) is 15.8. The van der Waals surface area contributed by atoms with Crippen molar-refractivity contribution in [2.24, 2.45) is 0 Å². The number of nitrogens with zero attached hydrogens (tertiary/aromatic N) is 1. The summed E-state index contributed by atoms with van der Waals surface area (Å²) in [6, 6.07) is 23.1. The third kappa shape index (κ3) is 6.40. The molecule has 5 N–H and O–H groups in total. The Hall–Kier alpha value is -6.72. The van der Waals surface area contributed by atoms with Crippen LogP contribution in [0.15, 0.2) is 90.2 Å². The molecule has 11 nitrogen and oxygen atoms in total. The Morgan fingerprint density at radius 1 is 0.860 bits per heavy atom. The number of esters is 1. The van der Waals surface area contributed by atoms with Crippen LogP contribution in [0, 0.1) is 23.7 Å². The number of ether oxygens (including phenoxy) is 2. The van der Waals surface area contributed by atoms with Crippen LogP contribution in [0.3, 0.4) is 0 Å². The minimum atomic E-state index is -1.36. The Morgan fingerprint density at radius 3 is 2.14 bits per heavy atom. The third-order valence-corrected chi connectivity index (χ3v) is 8.54. The van der Waals surface area contributed by atoms with Crippen molar-refractivity contribution in [3.63, 3.8) is 0 Å². The largest absolute Gasteiger partial charge is 0.511 e. The summed E-state index contributed by atoms with van der Waals surface area (Å²) in [6.45, 7) is 0.191. The van der Waals surface area contributed by atoms with E-state index in [1.54, 1.807) is 54.6 Å². The molecule has 2 aliphatic rings. The Kier molecular flexibility index (Phi) is 9.15. The number of allylic oxidation sites excluding steroid dienone is 1. The molecule has 0 saturated heterocycles. The van der Waals surface area contributed by atoms with Crippen LogP contribution in [0.1, 0.15) is 63.9 Å². The first-order chi connectivity index (χ1) is 24.1. The fourth-order valence-corrected chi connectivity index (χ4v) is 6.11. The molecule has 2 amide bonds. The number of aliphatic hydroxyl groups is 1. The van der Waals surface area contributed by atoms with E-state index >= 15 is 0 Å². The van der Waals surface area contributed by atoms with Crippen molar-refractivity contribution in [2.75, 3.05) is 5.32 Å². The standard InChI is InChI=1S/C39H31N3O8/c1-2-3-6-33(45)29(21-40)37(47)42-25-11-8-23(9-12-25)5-4-7-36(46)41-22-24-10-15-30-28(18-24)38(48)50-39(30)31-16-13-26(43)19-34(31)49-35-20-27(44)14-17-32(35)39/h1,8-20,43-45H,3-7,22H2,(H,41,46)(H,42,47)/b33-29-. The molecule has 2 heterocycles. The second-order valence-electron chi connectivity index (χ2n) is 11.8. The summed E-state index contributed by atoms with van der Waals surface area (Å²) >= 11 is 0. The summed E-state index contributed by atoms with van der Waals surface area (Å²) in [5.74, 6) is 1.06. The van der Waals surface area contributed by atoms with Crippen LogP contribution in [0.5, 0.6) is 23.0 Å². The number of anilines is 1. The van der Waals surface area contributed by atoms with Gasteiger partial charge in [-0.25, -0.2) is 4.79 Å². The number of nitriles is 1. The molecule has 11 heteroatoms. The van der Waals surface area contributed by atoms with Gasteiger partial charge in [-0.1, -0.05) is 24.3 Å². The highest BCUT2D eigenvalue weighted by molar-refractivity contribution is 6.06. The number of aromatic hydroxyl groups is 2. The molecule has 0 bridgehead atoms. The van der Waals surface area contributed by atoms with Gasteiger partial charge in [0.15, 0.2) is 11.2 Å². The molecule has 250 valence electrons. The van der Waals surface area contributed by atoms with Gasteiger partial charge in [0, 0.05) is 60.3 Å². The van der Waals surface area contributed by atoms with E-state index < -0.39 is 23.1 Å². The van der Waals surface area contributed by atoms with Crippen molar-refractivity contribution in [1.29, 1.82) is 5.26 Å². The number of phenols is 2. The number of carbonyl (C=O) groups excluding carboxylic acids is 3. The van der Waals surface area contributed by atoms with E-state index in [4.69, 9.17) is 15.9 Å². The molecule has 4 aromatic carbocycles. The molecule has 0 aromatic heterocycles. The van der Waals surface area contributed by atoms with E-state index in [1.165, 1.54) is 24.3 Å². The van der Waals surface area contributed by atoms with Crippen molar-refractivity contribution in [3.05, 3.63) is 124 Å². The van der Waals surface area contributed by atoms with Gasteiger partial charge in [-0.05, 0) is 66.4 Å². The van der Waals surface area contributed by atoms with Gasteiger partial charge in [-0.3, -0.25) is 9.59 Å². The molecule has 0 fully saturated rings. The van der Waals surface area contributed by atoms with Crippen LogP contribution < -0.4 is 15.4 Å². The van der Waals surface area contributed by atoms with Crippen LogP contribution in [-0.4, -0.2) is 33.1 Å². The fourth-order valence-electron chi connectivity index (χ4n) is 6.11. The van der Waals surface area contributed by atoms with E-state index in [1.807, 2.05) is 6.07 Å². The number of fused-ring (bicyclic) bond motifs is 6. The minimum Gasteiger partial charge on any atom is -0.511 e. The van der Waals surface area contributed by atoms with Crippen LogP contribution in [-0.2, 0) is 32.9 Å². The average molecular weight is 670 g/mol. The highest BCUT2D eigenvalue weighted by atomic mass is 16.6. The number of hydrogen-bond acceptors (Lipinski definition) is 9. The van der Waals surface area contributed by atoms with Crippen LogP contribution in [0.4, 0.5) is 5.69 Å². The monoisotopic (exact) mass is 669 g/mol. The highest BCUT2D eigenvalue weighted by Gasteiger charge is 2.53. The molecule has 0 aliphatic carbocycles. The molecule has 2 aliphatic heterocycles. The zero-order chi connectivity index (χ0) is 35.4. The molecule has 6 rings (SSSR count). The number of aliphatic hydroxyl groups excluding tert-OH is 1. The first-order valence-corrected chi connectivity index (χ1v) is 15.8. The summed E-state index contributed by atoms with van der Waals surface area (Å²) in [4.78, 5) is 38.4. The molecular formula is C39H31N3O8. The van der Waals surface area contributed by atoms with Crippen LogP contribution >= 0.6 is 0 Å². The maximum absolute atomic E-state index is 13.3. The lowest BCUT2D eigenvalue weighted by molar-refractivity contribution is -0.121. The Labute approximate surface area is 287 Å². The topological polar surface area (TPSA) is 178 Å². The zero-order valence-electron chi connectivity index (χ0n) is 26.7. The van der Waals surface area contributed by atoms with Gasteiger partial charge in [-0.2, -0.15) is 5.26 Å². The fraction of sp³-hybridized carbons (Fsp3) is 0.179. The lowest BCUT2D eigenvalue weighted by atomic mass is 9.77. The summed E-state index contributed by atoms with van der Waals surface area (Å²) < 4.78 is 12.1. The van der Waals surface area contributed by atoms with Gasteiger partial charge >= 0.3 is 5.97 Å². The van der Waals surface area contributed by atoms with Crippen molar-refractivity contribution in [2.45, 2.75) is 44.2 Å². The van der Waals surface area contributed by atoms with Gasteiger partial charge in [0.05, 0.1) is 5.56 Å². The van der Waals surface area contributed by atoms with Crippen molar-refractivity contribution < 1.29 is 39.2 Å². The van der Waals surface area contributed by atoms with E-state index in [0.29, 0.717) is 57.8 Å². The van der Waals surface area contributed by atoms with Crippen LogP contribution in [0.2, 0.25) is 0 Å². The van der Waals surface area contributed by atoms with Crippen LogP contribution in [0.25, 0.3) is 0 Å². The van der Waals surface area contributed by atoms with Gasteiger partial charge in [0.25, 0.3) is 5.91 Å². The van der Waals surface area contributed by atoms with Gasteiger partial charge in [0.1, 0.15) is 34.8 Å². The smallest absolute Gasteiger partial charge is 0.340 e. The van der Waals surface area contributed by atoms with Crippen molar-refractivity contribution >= 4 is 23.5 Å². The Morgan fingerprint density at radius 2 is 1.50 bits per heavy atom. The van der Waals surface area contributed by atoms with Gasteiger partial charge in [-0.15, -0.1) is 12.3 Å². The quantitative estimate of drug-likeness (QED) is 0.0446. The van der Waals surface area contributed by atoms with E-state index in [9.17, 15) is 35.0 Å². The number of aryl methyl sites for hydroxylation is 1. The summed E-state index contributed by atoms with van der Waals surface area (Å²) in [5.41, 5.74) is 2.30. The predicted molar refractivity (Wildman–Crippen MR) is 181 cm³/mol. The lowest BCUT2D eigenvalue weighted by Crippen LogP contribution is -2.32. The van der Waals surface area contributed by atoms with E-state index in [-0.39, 0.29) is 49.0 Å². The minimum absolute atomic E-state index is 0.0309. The lowest BCUT2D eigenvalue weighted by Gasteiger charge is -2.36. The Balaban J connectivity index is 1.06. The number of rotatable bonds is 10. The molecular weight excluding hydrogens is 638 g/mol. The number of hydrogen-bond donors (Lipinski definition) is 5. The number of terminal acetylenes is 1. The predicted octanol–water partition coefficient (Wildman–Crippen LogP) is 5.99. The van der Waals surface area contributed by atoms with Gasteiger partial charge in [0.2, 0.25) is 5.91 Å². The average Bonchev–Trinajstić information content (AvgIpc) is 3.38. The van der Waals surface area contributed by atoms with Crippen molar-refractivity contribution in [3.8, 4) is 41.4 Å². The molecule has 0 unspecified atom stereocenters. The number of amides is 2. The summed E-state index contributed by atoms with van der Waals surface area (Å²) in [6.07, 6.45) is 6.83.